The molecule has 0 unspecified atom stereocenters. The van der Waals surface area contributed by atoms with Crippen LogP contribution in [-0.2, 0) is 0 Å². The van der Waals surface area contributed by atoms with Gasteiger partial charge in [0.25, 0.3) is 5.91 Å². The van der Waals surface area contributed by atoms with Gasteiger partial charge in [0, 0.05) is 24.5 Å². The number of carbonyl (C=O) groups is 2. The third-order valence-corrected chi connectivity index (χ3v) is 4.87. The molecule has 0 bridgehead atoms. The Balaban J connectivity index is 1.54. The van der Waals surface area contributed by atoms with Gasteiger partial charge in [0.1, 0.15) is 10.7 Å². The van der Waals surface area contributed by atoms with Crippen molar-refractivity contribution < 1.29 is 9.59 Å². The van der Waals surface area contributed by atoms with Crippen LogP contribution >= 0.6 is 11.6 Å². The van der Waals surface area contributed by atoms with E-state index in [0.29, 0.717) is 30.0 Å². The van der Waals surface area contributed by atoms with E-state index in [1.165, 1.54) is 0 Å². The number of aromatic nitrogens is 2. The number of para-hydroxylation sites is 1. The molecule has 2 heterocycles. The number of benzene rings is 2. The number of amides is 3. The first-order valence-electron chi connectivity index (χ1n) is 8.82. The van der Waals surface area contributed by atoms with Gasteiger partial charge in [0.15, 0.2) is 0 Å². The van der Waals surface area contributed by atoms with Crippen LogP contribution in [0.1, 0.15) is 16.1 Å². The Kier molecular flexibility index (Phi) is 4.75. The maximum atomic E-state index is 12.8. The largest absolute Gasteiger partial charge is 0.336 e. The number of rotatable bonds is 4. The minimum Gasteiger partial charge on any atom is -0.336 e. The van der Waals surface area contributed by atoms with Crippen LogP contribution in [0.3, 0.4) is 0 Å². The number of nitrogens with one attached hydrogen (secondary N) is 2. The zero-order chi connectivity index (χ0) is 19.7. The van der Waals surface area contributed by atoms with E-state index in [2.05, 4.69) is 15.7 Å². The summed E-state index contributed by atoms with van der Waals surface area (Å²) in [4.78, 5) is 26.2. The van der Waals surface area contributed by atoms with E-state index >= 15 is 0 Å². The van der Waals surface area contributed by atoms with Crippen molar-refractivity contribution >= 4 is 34.9 Å². The zero-order valence-corrected chi connectivity index (χ0v) is 15.9. The molecule has 1 aliphatic rings. The highest BCUT2D eigenvalue weighted by atomic mass is 35.5. The molecule has 142 valence electrons. The smallest absolute Gasteiger partial charge is 0.321 e. The molecule has 1 fully saturated rings. The first kappa shape index (κ1) is 18.1. The second-order valence-corrected chi connectivity index (χ2v) is 6.74. The number of halogens is 1. The second-order valence-electron chi connectivity index (χ2n) is 6.38. The molecular weight excluding hydrogens is 378 g/mol. The first-order valence-corrected chi connectivity index (χ1v) is 9.20. The maximum Gasteiger partial charge on any atom is 0.321 e. The molecule has 1 saturated heterocycles. The Labute approximate surface area is 166 Å². The molecule has 0 aliphatic carbocycles. The van der Waals surface area contributed by atoms with Crippen molar-refractivity contribution in [2.24, 2.45) is 0 Å². The van der Waals surface area contributed by atoms with Crippen LogP contribution in [0.25, 0.3) is 5.69 Å². The van der Waals surface area contributed by atoms with Gasteiger partial charge in [-0.1, -0.05) is 29.8 Å². The Hall–Kier alpha value is -3.32. The lowest BCUT2D eigenvalue weighted by atomic mass is 10.2. The number of hydrogen-bond donors (Lipinski definition) is 2. The minimum absolute atomic E-state index is 0.118. The van der Waals surface area contributed by atoms with E-state index in [1.807, 2.05) is 30.3 Å². The fourth-order valence-corrected chi connectivity index (χ4v) is 3.49. The van der Waals surface area contributed by atoms with Gasteiger partial charge in [-0.25, -0.2) is 9.48 Å². The Bertz CT molecular complexity index is 1030. The van der Waals surface area contributed by atoms with E-state index in [1.54, 1.807) is 40.8 Å². The Morgan fingerprint density at radius 3 is 2.46 bits per heavy atom. The summed E-state index contributed by atoms with van der Waals surface area (Å²) in [6.45, 7) is 2.99. The monoisotopic (exact) mass is 395 g/mol. The predicted octanol–water partition coefficient (Wildman–Crippen LogP) is 3.62. The third kappa shape index (κ3) is 3.32. The Morgan fingerprint density at radius 2 is 1.82 bits per heavy atom. The molecule has 4 rings (SSSR count). The summed E-state index contributed by atoms with van der Waals surface area (Å²) >= 11 is 6.44. The lowest BCUT2D eigenvalue weighted by molar-refractivity contribution is 0.102. The van der Waals surface area contributed by atoms with Gasteiger partial charge in [0.05, 0.1) is 11.4 Å². The molecule has 0 saturated carbocycles. The quantitative estimate of drug-likeness (QED) is 0.708. The van der Waals surface area contributed by atoms with Crippen LogP contribution in [0.15, 0.2) is 54.6 Å². The average Bonchev–Trinajstić information content (AvgIpc) is 3.25. The standard InChI is InChI=1S/C20H18ClN5O2/c1-13-17(18(21)26(24-13)16-5-3-2-4-6-16)19(27)23-14-7-9-15(10-8-14)25-12-11-22-20(25)28/h2-10H,11-12H2,1H3,(H,22,28)(H,23,27). The number of anilines is 2. The van der Waals surface area contributed by atoms with Crippen LogP contribution in [0.4, 0.5) is 16.2 Å². The molecule has 0 spiro atoms. The molecule has 1 aromatic heterocycles. The van der Waals surface area contributed by atoms with Gasteiger partial charge in [-0.3, -0.25) is 9.69 Å². The number of aryl methyl sites for hydroxylation is 1. The second kappa shape index (κ2) is 7.36. The number of carbonyl (C=O) groups excluding carboxylic acids is 2. The highest BCUT2D eigenvalue weighted by Crippen LogP contribution is 2.25. The van der Waals surface area contributed by atoms with Crippen molar-refractivity contribution in [3.8, 4) is 5.69 Å². The van der Waals surface area contributed by atoms with E-state index < -0.39 is 0 Å². The van der Waals surface area contributed by atoms with Crippen LogP contribution in [0, 0.1) is 6.92 Å². The van der Waals surface area contributed by atoms with Crippen molar-refractivity contribution in [3.05, 3.63) is 71.0 Å². The van der Waals surface area contributed by atoms with Gasteiger partial charge < -0.3 is 10.6 Å². The normalized spacial score (nSPS) is 13.5. The lowest BCUT2D eigenvalue weighted by Crippen LogP contribution is -2.27. The number of urea groups is 1. The lowest BCUT2D eigenvalue weighted by Gasteiger charge is -2.14. The molecule has 2 N–H and O–H groups in total. The molecule has 7 nitrogen and oxygen atoms in total. The van der Waals surface area contributed by atoms with Crippen LogP contribution < -0.4 is 15.5 Å². The molecule has 3 amide bonds. The van der Waals surface area contributed by atoms with Gasteiger partial charge in [-0.2, -0.15) is 5.10 Å². The molecule has 2 aromatic carbocycles. The first-order chi connectivity index (χ1) is 13.5. The minimum atomic E-state index is -0.337. The highest BCUT2D eigenvalue weighted by molar-refractivity contribution is 6.34. The van der Waals surface area contributed by atoms with Gasteiger partial charge >= 0.3 is 6.03 Å². The SMILES string of the molecule is Cc1nn(-c2ccccc2)c(Cl)c1C(=O)Nc1ccc(N2CCNC2=O)cc1. The molecule has 1 aliphatic heterocycles. The zero-order valence-electron chi connectivity index (χ0n) is 15.1. The van der Waals surface area contributed by atoms with Crippen LogP contribution in [-0.4, -0.2) is 34.8 Å². The summed E-state index contributed by atoms with van der Waals surface area (Å²) in [5, 5.41) is 10.2. The number of hydrogen-bond acceptors (Lipinski definition) is 3. The van der Waals surface area contributed by atoms with E-state index in [-0.39, 0.29) is 17.1 Å². The van der Waals surface area contributed by atoms with E-state index in [4.69, 9.17) is 11.6 Å². The summed E-state index contributed by atoms with van der Waals surface area (Å²) in [5.74, 6) is -0.337. The van der Waals surface area contributed by atoms with E-state index in [9.17, 15) is 9.59 Å². The van der Waals surface area contributed by atoms with Gasteiger partial charge in [-0.05, 0) is 43.3 Å². The Morgan fingerprint density at radius 1 is 1.11 bits per heavy atom. The van der Waals surface area contributed by atoms with Crippen molar-refractivity contribution in [2.75, 3.05) is 23.3 Å². The molecule has 0 radical (unpaired) electrons. The predicted molar refractivity (Wildman–Crippen MR) is 108 cm³/mol. The molecule has 0 atom stereocenters. The fourth-order valence-electron chi connectivity index (χ4n) is 3.13. The van der Waals surface area contributed by atoms with E-state index in [0.717, 1.165) is 11.4 Å². The topological polar surface area (TPSA) is 79.3 Å². The summed E-state index contributed by atoms with van der Waals surface area (Å²) in [7, 11) is 0. The summed E-state index contributed by atoms with van der Waals surface area (Å²) in [6, 6.07) is 16.4. The van der Waals surface area contributed by atoms with Crippen LogP contribution in [0.5, 0.6) is 0 Å². The summed E-state index contributed by atoms with van der Waals surface area (Å²) < 4.78 is 1.54. The third-order valence-electron chi connectivity index (χ3n) is 4.53. The average molecular weight is 396 g/mol. The molecule has 3 aromatic rings. The fraction of sp³-hybridized carbons (Fsp3) is 0.150. The van der Waals surface area contributed by atoms with Crippen molar-refractivity contribution in [1.29, 1.82) is 0 Å². The highest BCUT2D eigenvalue weighted by Gasteiger charge is 2.23. The van der Waals surface area contributed by atoms with Crippen LogP contribution in [0.2, 0.25) is 5.15 Å². The molecular formula is C20H18ClN5O2. The van der Waals surface area contributed by atoms with Crippen molar-refractivity contribution in [3.63, 3.8) is 0 Å². The van der Waals surface area contributed by atoms with Gasteiger partial charge in [-0.15, -0.1) is 0 Å². The van der Waals surface area contributed by atoms with Crippen molar-refractivity contribution in [1.82, 2.24) is 15.1 Å². The maximum absolute atomic E-state index is 12.8. The molecule has 28 heavy (non-hydrogen) atoms. The summed E-state index contributed by atoms with van der Waals surface area (Å²) in [6.07, 6.45) is 0. The molecule has 8 heteroatoms. The summed E-state index contributed by atoms with van der Waals surface area (Å²) in [5.41, 5.74) is 3.03. The number of nitrogens with zero attached hydrogens (tertiary/aromatic N) is 3. The van der Waals surface area contributed by atoms with Crippen molar-refractivity contribution in [2.45, 2.75) is 6.92 Å². The van der Waals surface area contributed by atoms with Gasteiger partial charge in [0.2, 0.25) is 0 Å².